The predicted molar refractivity (Wildman–Crippen MR) is 116 cm³/mol. The molecule has 0 spiro atoms. The second kappa shape index (κ2) is 10.7. The molecule has 0 aromatic heterocycles. The van der Waals surface area contributed by atoms with E-state index in [4.69, 9.17) is 19.6 Å². The quantitative estimate of drug-likeness (QED) is 0.455. The Morgan fingerprint density at radius 3 is 2.66 bits per heavy atom. The van der Waals surface area contributed by atoms with Gasteiger partial charge in [0.05, 0.1) is 20.3 Å². The Balaban J connectivity index is 1.63. The topological polar surface area (TPSA) is 78.4 Å². The highest BCUT2D eigenvalue weighted by Gasteiger charge is 2.36. The second-order valence-electron chi connectivity index (χ2n) is 7.97. The van der Waals surface area contributed by atoms with Gasteiger partial charge in [-0.1, -0.05) is 12.5 Å². The molecule has 2 aliphatic heterocycles. The first-order chi connectivity index (χ1) is 14.1. The molecule has 0 radical (unpaired) electrons. The van der Waals surface area contributed by atoms with E-state index in [0.29, 0.717) is 36.2 Å². The molecule has 2 aliphatic rings. The predicted octanol–water partition coefficient (Wildman–Crippen LogP) is 2.14. The van der Waals surface area contributed by atoms with Crippen LogP contribution in [-0.4, -0.2) is 68.0 Å². The van der Waals surface area contributed by atoms with Gasteiger partial charge < -0.3 is 30.1 Å². The Bertz CT molecular complexity index is 668. The molecule has 1 aromatic rings. The average molecular weight is 405 g/mol. The minimum Gasteiger partial charge on any atom is -0.493 e. The molecule has 2 saturated heterocycles. The first-order valence-corrected chi connectivity index (χ1v) is 10.8. The van der Waals surface area contributed by atoms with Crippen molar-refractivity contribution in [2.75, 3.05) is 33.9 Å². The molecule has 2 heterocycles. The lowest BCUT2D eigenvalue weighted by Gasteiger charge is -2.47. The molecule has 3 rings (SSSR count). The summed E-state index contributed by atoms with van der Waals surface area (Å²) < 4.78 is 10.9. The van der Waals surface area contributed by atoms with E-state index < -0.39 is 0 Å². The van der Waals surface area contributed by atoms with Crippen LogP contribution in [0.15, 0.2) is 23.2 Å². The number of rotatable bonds is 8. The van der Waals surface area contributed by atoms with Gasteiger partial charge in [-0.3, -0.25) is 0 Å². The first kappa shape index (κ1) is 21.7. The third kappa shape index (κ3) is 5.76. The molecular formula is C22H36N4O3. The molecule has 7 heteroatoms. The highest BCUT2D eigenvalue weighted by Crippen LogP contribution is 2.32. The van der Waals surface area contributed by atoms with E-state index in [1.807, 2.05) is 18.2 Å². The number of aliphatic hydroxyl groups is 1. The number of benzene rings is 1. The standard InChI is InChI=1S/C22H36N4O3/c1-4-23-22(25-17-13-18-6-5-7-19(14-17)26(18)2)24-15-16-8-9-20(29-11-10-27)21(12-16)28-3/h8-9,12,17-19,27H,4-7,10-11,13-15H2,1-3H3,(H2,23,24,25). The van der Waals surface area contributed by atoms with Crippen LogP contribution in [0, 0.1) is 0 Å². The summed E-state index contributed by atoms with van der Waals surface area (Å²) in [5.74, 6) is 2.17. The van der Waals surface area contributed by atoms with E-state index in [9.17, 15) is 0 Å². The number of hydrogen-bond acceptors (Lipinski definition) is 5. The Hall–Kier alpha value is -1.99. The van der Waals surface area contributed by atoms with E-state index >= 15 is 0 Å². The number of nitrogens with zero attached hydrogens (tertiary/aromatic N) is 2. The van der Waals surface area contributed by atoms with Crippen LogP contribution in [0.5, 0.6) is 11.5 Å². The van der Waals surface area contributed by atoms with Gasteiger partial charge in [-0.05, 0) is 57.4 Å². The summed E-state index contributed by atoms with van der Waals surface area (Å²) in [6, 6.07) is 7.67. The van der Waals surface area contributed by atoms with Gasteiger partial charge in [0.15, 0.2) is 17.5 Å². The average Bonchev–Trinajstić information content (AvgIpc) is 2.71. The Morgan fingerprint density at radius 2 is 2.00 bits per heavy atom. The molecule has 1 aromatic carbocycles. The van der Waals surface area contributed by atoms with Gasteiger partial charge in [0.1, 0.15) is 6.61 Å². The third-order valence-electron chi connectivity index (χ3n) is 6.02. The lowest BCUT2D eigenvalue weighted by atomic mass is 9.82. The van der Waals surface area contributed by atoms with Crippen LogP contribution in [0.4, 0.5) is 0 Å². The molecular weight excluding hydrogens is 368 g/mol. The Morgan fingerprint density at radius 1 is 1.24 bits per heavy atom. The molecule has 0 saturated carbocycles. The van der Waals surface area contributed by atoms with Crippen LogP contribution >= 0.6 is 0 Å². The van der Waals surface area contributed by atoms with Crippen molar-refractivity contribution in [3.63, 3.8) is 0 Å². The zero-order valence-electron chi connectivity index (χ0n) is 18.0. The fourth-order valence-electron chi connectivity index (χ4n) is 4.50. The monoisotopic (exact) mass is 404 g/mol. The fraction of sp³-hybridized carbons (Fsp3) is 0.682. The highest BCUT2D eigenvalue weighted by molar-refractivity contribution is 5.80. The van der Waals surface area contributed by atoms with Crippen molar-refractivity contribution in [1.29, 1.82) is 0 Å². The number of aliphatic hydroxyl groups excluding tert-OH is 1. The molecule has 162 valence electrons. The summed E-state index contributed by atoms with van der Waals surface area (Å²) in [5, 5.41) is 16.0. The maximum atomic E-state index is 8.94. The molecule has 2 unspecified atom stereocenters. The van der Waals surface area contributed by atoms with Crippen LogP contribution in [0.25, 0.3) is 0 Å². The van der Waals surface area contributed by atoms with Crippen LogP contribution in [0.3, 0.4) is 0 Å². The summed E-state index contributed by atoms with van der Waals surface area (Å²) in [7, 11) is 3.90. The third-order valence-corrected chi connectivity index (χ3v) is 6.02. The van der Waals surface area contributed by atoms with Gasteiger partial charge in [0.25, 0.3) is 0 Å². The molecule has 3 N–H and O–H groups in total. The van der Waals surface area contributed by atoms with Crippen LogP contribution < -0.4 is 20.1 Å². The van der Waals surface area contributed by atoms with Crippen LogP contribution in [-0.2, 0) is 6.54 Å². The van der Waals surface area contributed by atoms with Crippen LogP contribution in [0.2, 0.25) is 0 Å². The fourth-order valence-corrected chi connectivity index (χ4v) is 4.50. The summed E-state index contributed by atoms with van der Waals surface area (Å²) in [6.07, 6.45) is 6.34. The molecule has 0 amide bonds. The SMILES string of the molecule is CCNC(=NCc1ccc(OCCO)c(OC)c1)NC1CC2CCCC(C1)N2C. The minimum absolute atomic E-state index is 0.0222. The number of hydrogen-bond donors (Lipinski definition) is 3. The van der Waals surface area contributed by atoms with E-state index in [-0.39, 0.29) is 13.2 Å². The van der Waals surface area contributed by atoms with Crippen molar-refractivity contribution < 1.29 is 14.6 Å². The van der Waals surface area contributed by atoms with Gasteiger partial charge in [0.2, 0.25) is 0 Å². The number of ether oxygens (including phenoxy) is 2. The number of piperidine rings is 2. The van der Waals surface area contributed by atoms with Crippen molar-refractivity contribution in [1.82, 2.24) is 15.5 Å². The zero-order valence-corrected chi connectivity index (χ0v) is 18.0. The number of nitrogens with one attached hydrogen (secondary N) is 2. The lowest BCUT2D eigenvalue weighted by molar-refractivity contribution is 0.0526. The van der Waals surface area contributed by atoms with Gasteiger partial charge in [-0.2, -0.15) is 0 Å². The van der Waals surface area contributed by atoms with Gasteiger partial charge in [-0.25, -0.2) is 4.99 Å². The van der Waals surface area contributed by atoms with Crippen molar-refractivity contribution >= 4 is 5.96 Å². The maximum Gasteiger partial charge on any atom is 0.191 e. The number of fused-ring (bicyclic) bond motifs is 2. The van der Waals surface area contributed by atoms with E-state index in [2.05, 4.69) is 29.5 Å². The normalized spacial score (nSPS) is 24.8. The molecule has 2 atom stereocenters. The molecule has 2 bridgehead atoms. The minimum atomic E-state index is -0.0222. The molecule has 2 fully saturated rings. The highest BCUT2D eigenvalue weighted by atomic mass is 16.5. The first-order valence-electron chi connectivity index (χ1n) is 10.8. The number of methoxy groups -OCH3 is 1. The Labute approximate surface area is 174 Å². The second-order valence-corrected chi connectivity index (χ2v) is 7.97. The molecule has 7 nitrogen and oxygen atoms in total. The van der Waals surface area contributed by atoms with E-state index in [1.165, 1.54) is 32.1 Å². The van der Waals surface area contributed by atoms with Gasteiger partial charge >= 0.3 is 0 Å². The van der Waals surface area contributed by atoms with Gasteiger partial charge in [0, 0.05) is 24.7 Å². The Kier molecular flexibility index (Phi) is 8.00. The van der Waals surface area contributed by atoms with Crippen molar-refractivity contribution in [2.24, 2.45) is 4.99 Å². The van der Waals surface area contributed by atoms with Crippen molar-refractivity contribution in [2.45, 2.75) is 63.7 Å². The van der Waals surface area contributed by atoms with E-state index in [1.54, 1.807) is 7.11 Å². The number of guanidine groups is 1. The summed E-state index contributed by atoms with van der Waals surface area (Å²) in [5.41, 5.74) is 1.05. The van der Waals surface area contributed by atoms with Crippen molar-refractivity contribution in [3.8, 4) is 11.5 Å². The van der Waals surface area contributed by atoms with Crippen molar-refractivity contribution in [3.05, 3.63) is 23.8 Å². The summed E-state index contributed by atoms with van der Waals surface area (Å²) in [4.78, 5) is 7.38. The van der Waals surface area contributed by atoms with Crippen LogP contribution in [0.1, 0.15) is 44.6 Å². The molecule has 0 aliphatic carbocycles. The smallest absolute Gasteiger partial charge is 0.191 e. The summed E-state index contributed by atoms with van der Waals surface area (Å²) in [6.45, 7) is 3.72. The van der Waals surface area contributed by atoms with E-state index in [0.717, 1.165) is 18.1 Å². The lowest BCUT2D eigenvalue weighted by Crippen LogP contribution is -2.56. The largest absolute Gasteiger partial charge is 0.493 e. The molecule has 29 heavy (non-hydrogen) atoms. The number of aliphatic imine (C=N–C) groups is 1. The summed E-state index contributed by atoms with van der Waals surface area (Å²) >= 11 is 0. The maximum absolute atomic E-state index is 8.94. The zero-order chi connectivity index (χ0) is 20.6. The van der Waals surface area contributed by atoms with Gasteiger partial charge in [-0.15, -0.1) is 0 Å².